The van der Waals surface area contributed by atoms with E-state index in [1.54, 1.807) is 0 Å². The summed E-state index contributed by atoms with van der Waals surface area (Å²) in [6, 6.07) is 2.35. The lowest BCUT2D eigenvalue weighted by Gasteiger charge is -2.29. The molecule has 0 spiro atoms. The van der Waals surface area contributed by atoms with Crippen LogP contribution < -0.4 is 5.32 Å². The van der Waals surface area contributed by atoms with Crippen LogP contribution in [0, 0.1) is 13.8 Å². The number of rotatable bonds is 2. The van der Waals surface area contributed by atoms with Gasteiger partial charge in [-0.3, -0.25) is 4.90 Å². The van der Waals surface area contributed by atoms with Crippen molar-refractivity contribution in [2.24, 2.45) is 0 Å². The number of hydrogen-bond donors (Lipinski definition) is 1. The van der Waals surface area contributed by atoms with Gasteiger partial charge in [0.2, 0.25) is 0 Å². The van der Waals surface area contributed by atoms with Gasteiger partial charge in [0.05, 0.1) is 0 Å². The Morgan fingerprint density at radius 3 is 2.82 bits per heavy atom. The van der Waals surface area contributed by atoms with Gasteiger partial charge in [-0.2, -0.15) is 0 Å². The van der Waals surface area contributed by atoms with E-state index in [1.165, 1.54) is 28.3 Å². The van der Waals surface area contributed by atoms with Crippen LogP contribution in [0.4, 0.5) is 0 Å². The summed E-state index contributed by atoms with van der Waals surface area (Å²) in [5.74, 6) is 0. The highest BCUT2D eigenvalue weighted by atomic mass is 32.1. The zero-order valence-corrected chi connectivity index (χ0v) is 12.3. The molecule has 1 aromatic heterocycles. The van der Waals surface area contributed by atoms with E-state index in [0.717, 1.165) is 19.6 Å². The first-order valence-corrected chi connectivity index (χ1v) is 7.31. The topological polar surface area (TPSA) is 15.3 Å². The van der Waals surface area contributed by atoms with Gasteiger partial charge in [-0.15, -0.1) is 11.3 Å². The van der Waals surface area contributed by atoms with Crippen LogP contribution in [0.25, 0.3) is 0 Å². The largest absolute Gasteiger partial charge is 0.310 e. The normalized spacial score (nSPS) is 21.4. The van der Waals surface area contributed by atoms with Crippen molar-refractivity contribution in [3.63, 3.8) is 0 Å². The molecule has 17 heavy (non-hydrogen) atoms. The van der Waals surface area contributed by atoms with E-state index < -0.39 is 0 Å². The Kier molecular flexibility index (Phi) is 3.91. The molecule has 1 fully saturated rings. The van der Waals surface area contributed by atoms with Gasteiger partial charge in [0.25, 0.3) is 0 Å². The smallest absolute Gasteiger partial charge is 0.0328 e. The first-order chi connectivity index (χ1) is 7.96. The molecule has 2 heterocycles. The minimum atomic E-state index is 0.248. The maximum absolute atomic E-state index is 3.61. The summed E-state index contributed by atoms with van der Waals surface area (Å²) in [6.07, 6.45) is 1.26. The third-order valence-electron chi connectivity index (χ3n) is 3.47. The highest BCUT2D eigenvalue weighted by Gasteiger charge is 2.24. The van der Waals surface area contributed by atoms with Gasteiger partial charge in [0, 0.05) is 28.4 Å². The minimum Gasteiger partial charge on any atom is -0.310 e. The first-order valence-electron chi connectivity index (χ1n) is 6.49. The highest BCUT2D eigenvalue weighted by molar-refractivity contribution is 7.12. The van der Waals surface area contributed by atoms with Crippen molar-refractivity contribution in [2.45, 2.75) is 46.2 Å². The highest BCUT2D eigenvalue weighted by Crippen LogP contribution is 2.23. The summed E-state index contributed by atoms with van der Waals surface area (Å²) in [5, 5.41) is 3.61. The molecule has 1 saturated heterocycles. The summed E-state index contributed by atoms with van der Waals surface area (Å²) >= 11 is 1.95. The molecule has 0 unspecified atom stereocenters. The van der Waals surface area contributed by atoms with Crippen molar-refractivity contribution in [1.29, 1.82) is 0 Å². The third kappa shape index (κ3) is 3.54. The standard InChI is InChI=1S/C14H24N2S/c1-11-8-13(17-12(11)2)9-16-7-5-6-15-14(3,4)10-16/h8,15H,5-7,9-10H2,1-4H3. The molecule has 0 aliphatic carbocycles. The maximum Gasteiger partial charge on any atom is 0.0328 e. The van der Waals surface area contributed by atoms with Crippen LogP contribution >= 0.6 is 11.3 Å². The molecule has 0 aromatic carbocycles. The Morgan fingerprint density at radius 1 is 1.41 bits per heavy atom. The summed E-state index contributed by atoms with van der Waals surface area (Å²) in [7, 11) is 0. The minimum absolute atomic E-state index is 0.248. The lowest BCUT2D eigenvalue weighted by molar-refractivity contribution is 0.225. The van der Waals surface area contributed by atoms with E-state index in [0.29, 0.717) is 0 Å². The molecule has 1 N–H and O–H groups in total. The predicted molar refractivity (Wildman–Crippen MR) is 75.8 cm³/mol. The van der Waals surface area contributed by atoms with Crippen LogP contribution in [0.3, 0.4) is 0 Å². The van der Waals surface area contributed by atoms with Crippen molar-refractivity contribution >= 4 is 11.3 Å². The van der Waals surface area contributed by atoms with E-state index in [-0.39, 0.29) is 5.54 Å². The Morgan fingerprint density at radius 2 is 2.18 bits per heavy atom. The van der Waals surface area contributed by atoms with E-state index >= 15 is 0 Å². The maximum atomic E-state index is 3.61. The number of hydrogen-bond acceptors (Lipinski definition) is 3. The van der Waals surface area contributed by atoms with E-state index in [2.05, 4.69) is 44.0 Å². The van der Waals surface area contributed by atoms with Gasteiger partial charge in [-0.25, -0.2) is 0 Å². The average Bonchev–Trinajstić information content (AvgIpc) is 2.43. The second kappa shape index (κ2) is 5.09. The molecule has 3 heteroatoms. The van der Waals surface area contributed by atoms with Crippen molar-refractivity contribution in [3.05, 3.63) is 21.4 Å². The van der Waals surface area contributed by atoms with E-state index in [9.17, 15) is 0 Å². The van der Waals surface area contributed by atoms with Crippen molar-refractivity contribution in [2.75, 3.05) is 19.6 Å². The zero-order chi connectivity index (χ0) is 12.5. The molecule has 2 rings (SSSR count). The molecule has 0 bridgehead atoms. The van der Waals surface area contributed by atoms with Gasteiger partial charge in [-0.1, -0.05) is 0 Å². The van der Waals surface area contributed by atoms with Crippen LogP contribution in [0.5, 0.6) is 0 Å². The fourth-order valence-corrected chi connectivity index (χ4v) is 3.60. The second-order valence-corrected chi connectivity index (χ2v) is 7.17. The predicted octanol–water partition coefficient (Wildman–Crippen LogP) is 2.94. The molecular formula is C14H24N2S. The lowest BCUT2D eigenvalue weighted by atomic mass is 10.1. The Balaban J connectivity index is 2.02. The number of nitrogens with zero attached hydrogens (tertiary/aromatic N) is 1. The fourth-order valence-electron chi connectivity index (χ4n) is 2.51. The van der Waals surface area contributed by atoms with Crippen LogP contribution in [0.15, 0.2) is 6.07 Å². The summed E-state index contributed by atoms with van der Waals surface area (Å²) < 4.78 is 0. The van der Waals surface area contributed by atoms with Gasteiger partial charge in [0.15, 0.2) is 0 Å². The lowest BCUT2D eigenvalue weighted by Crippen LogP contribution is -2.46. The summed E-state index contributed by atoms with van der Waals surface area (Å²) in [4.78, 5) is 5.56. The number of nitrogens with one attached hydrogen (secondary N) is 1. The molecule has 1 aromatic rings. The molecule has 0 atom stereocenters. The van der Waals surface area contributed by atoms with Crippen LogP contribution in [0.2, 0.25) is 0 Å². The molecule has 0 radical (unpaired) electrons. The molecule has 0 amide bonds. The molecule has 0 saturated carbocycles. The van der Waals surface area contributed by atoms with Crippen LogP contribution in [-0.4, -0.2) is 30.1 Å². The van der Waals surface area contributed by atoms with Crippen LogP contribution in [0.1, 0.15) is 35.6 Å². The Hall–Kier alpha value is -0.380. The van der Waals surface area contributed by atoms with Crippen molar-refractivity contribution in [3.8, 4) is 0 Å². The number of aryl methyl sites for hydroxylation is 2. The fraction of sp³-hybridized carbons (Fsp3) is 0.714. The van der Waals surface area contributed by atoms with Gasteiger partial charge in [-0.05, 0) is 58.8 Å². The van der Waals surface area contributed by atoms with E-state index in [4.69, 9.17) is 0 Å². The van der Waals surface area contributed by atoms with Crippen molar-refractivity contribution < 1.29 is 0 Å². The quantitative estimate of drug-likeness (QED) is 0.870. The molecule has 1 aliphatic heterocycles. The SMILES string of the molecule is Cc1cc(CN2CCCNC(C)(C)C2)sc1C. The van der Waals surface area contributed by atoms with Gasteiger partial charge >= 0.3 is 0 Å². The average molecular weight is 252 g/mol. The number of thiophene rings is 1. The molecule has 2 nitrogen and oxygen atoms in total. The Labute approximate surface area is 109 Å². The van der Waals surface area contributed by atoms with Crippen molar-refractivity contribution in [1.82, 2.24) is 10.2 Å². The first kappa shape index (κ1) is 13.1. The molecule has 96 valence electrons. The monoisotopic (exact) mass is 252 g/mol. The second-order valence-electron chi connectivity index (χ2n) is 5.83. The van der Waals surface area contributed by atoms with E-state index in [1.807, 2.05) is 11.3 Å². The molecule has 1 aliphatic rings. The van der Waals surface area contributed by atoms with Gasteiger partial charge in [0.1, 0.15) is 0 Å². The molecular weight excluding hydrogens is 228 g/mol. The zero-order valence-electron chi connectivity index (χ0n) is 11.5. The summed E-state index contributed by atoms with van der Waals surface area (Å²) in [6.45, 7) is 13.7. The van der Waals surface area contributed by atoms with Gasteiger partial charge < -0.3 is 5.32 Å². The summed E-state index contributed by atoms with van der Waals surface area (Å²) in [5.41, 5.74) is 1.69. The Bertz CT molecular complexity index is 362. The van der Waals surface area contributed by atoms with Crippen LogP contribution in [-0.2, 0) is 6.54 Å². The third-order valence-corrected chi connectivity index (χ3v) is 4.61.